The third-order valence-corrected chi connectivity index (χ3v) is 3.86. The van der Waals surface area contributed by atoms with Crippen molar-refractivity contribution in [3.63, 3.8) is 0 Å². The van der Waals surface area contributed by atoms with E-state index in [0.29, 0.717) is 13.0 Å². The van der Waals surface area contributed by atoms with Gasteiger partial charge in [-0.2, -0.15) is 0 Å². The molecule has 3 rings (SSSR count). The summed E-state index contributed by atoms with van der Waals surface area (Å²) in [4.78, 5) is 12.0. The summed E-state index contributed by atoms with van der Waals surface area (Å²) in [5, 5.41) is 2.99. The van der Waals surface area contributed by atoms with Crippen molar-refractivity contribution in [3.05, 3.63) is 64.7 Å². The van der Waals surface area contributed by atoms with Crippen molar-refractivity contribution in [2.75, 3.05) is 6.61 Å². The van der Waals surface area contributed by atoms with Crippen molar-refractivity contribution in [2.45, 2.75) is 26.3 Å². The quantitative estimate of drug-likeness (QED) is 0.936. The summed E-state index contributed by atoms with van der Waals surface area (Å²) in [7, 11) is 0. The largest absolute Gasteiger partial charge is 0.493 e. The predicted molar refractivity (Wildman–Crippen MR) is 82.4 cm³/mol. The summed E-state index contributed by atoms with van der Waals surface area (Å²) in [5.74, 6) is 1.03. The van der Waals surface area contributed by atoms with Crippen molar-refractivity contribution in [1.29, 1.82) is 0 Å². The van der Waals surface area contributed by atoms with Crippen LogP contribution in [-0.4, -0.2) is 12.5 Å². The van der Waals surface area contributed by atoms with Crippen LogP contribution in [0.15, 0.2) is 42.5 Å². The van der Waals surface area contributed by atoms with Crippen LogP contribution in [0.5, 0.6) is 5.75 Å². The molecule has 0 fully saturated rings. The van der Waals surface area contributed by atoms with E-state index in [1.54, 1.807) is 0 Å². The van der Waals surface area contributed by atoms with Gasteiger partial charge in [-0.1, -0.05) is 36.4 Å². The molecule has 21 heavy (non-hydrogen) atoms. The second-order valence-corrected chi connectivity index (χ2v) is 5.42. The van der Waals surface area contributed by atoms with Gasteiger partial charge in [0.15, 0.2) is 0 Å². The van der Waals surface area contributed by atoms with Crippen LogP contribution in [-0.2, 0) is 24.2 Å². The fraction of sp³-hybridized carbons (Fsp3) is 0.278. The predicted octanol–water partition coefficient (Wildman–Crippen LogP) is 2.79. The van der Waals surface area contributed by atoms with Gasteiger partial charge in [0.25, 0.3) is 0 Å². The van der Waals surface area contributed by atoms with Crippen molar-refractivity contribution < 1.29 is 9.53 Å². The first kappa shape index (κ1) is 13.7. The zero-order chi connectivity index (χ0) is 14.7. The maximum Gasteiger partial charge on any atom is 0.224 e. The van der Waals surface area contributed by atoms with Gasteiger partial charge in [-0.15, -0.1) is 0 Å². The Morgan fingerprint density at radius 3 is 2.95 bits per heavy atom. The lowest BCUT2D eigenvalue weighted by atomic mass is 10.1. The molecule has 0 aliphatic carbocycles. The lowest BCUT2D eigenvalue weighted by molar-refractivity contribution is -0.120. The third kappa shape index (κ3) is 3.24. The molecule has 0 saturated heterocycles. The molecule has 1 heterocycles. The molecule has 1 amide bonds. The molecule has 2 aromatic carbocycles. The minimum absolute atomic E-state index is 0.0565. The number of aryl methyl sites for hydroxylation is 1. The lowest BCUT2D eigenvalue weighted by Crippen LogP contribution is -2.24. The van der Waals surface area contributed by atoms with Crippen LogP contribution in [0.25, 0.3) is 0 Å². The van der Waals surface area contributed by atoms with Gasteiger partial charge in [-0.25, -0.2) is 0 Å². The van der Waals surface area contributed by atoms with Gasteiger partial charge in [0.05, 0.1) is 13.0 Å². The van der Waals surface area contributed by atoms with Crippen molar-refractivity contribution in [1.82, 2.24) is 5.32 Å². The summed E-state index contributed by atoms with van der Waals surface area (Å²) >= 11 is 0. The van der Waals surface area contributed by atoms with Crippen LogP contribution in [0, 0.1) is 6.92 Å². The summed E-state index contributed by atoms with van der Waals surface area (Å²) in [6, 6.07) is 14.1. The Bertz CT molecular complexity index is 664. The van der Waals surface area contributed by atoms with E-state index in [1.807, 2.05) is 43.3 Å². The fourth-order valence-corrected chi connectivity index (χ4v) is 2.59. The highest BCUT2D eigenvalue weighted by molar-refractivity contribution is 5.78. The third-order valence-electron chi connectivity index (χ3n) is 3.86. The highest BCUT2D eigenvalue weighted by Crippen LogP contribution is 2.25. The molecule has 0 spiro atoms. The molecule has 0 aromatic heterocycles. The first-order chi connectivity index (χ1) is 10.2. The van der Waals surface area contributed by atoms with Crippen LogP contribution in [0.4, 0.5) is 0 Å². The first-order valence-electron chi connectivity index (χ1n) is 7.28. The normalized spacial score (nSPS) is 12.6. The van der Waals surface area contributed by atoms with Gasteiger partial charge in [0.2, 0.25) is 5.91 Å². The monoisotopic (exact) mass is 281 g/mol. The van der Waals surface area contributed by atoms with E-state index in [9.17, 15) is 4.79 Å². The number of fused-ring (bicyclic) bond motifs is 1. The Kier molecular flexibility index (Phi) is 3.91. The van der Waals surface area contributed by atoms with E-state index in [4.69, 9.17) is 4.74 Å². The number of benzene rings is 2. The Labute approximate surface area is 124 Å². The topological polar surface area (TPSA) is 38.3 Å². The maximum absolute atomic E-state index is 12.0. The molecule has 1 aliphatic rings. The van der Waals surface area contributed by atoms with Crippen LogP contribution in [0.3, 0.4) is 0 Å². The Hall–Kier alpha value is -2.29. The molecular formula is C18H19NO2. The molecule has 0 unspecified atom stereocenters. The number of hydrogen-bond donors (Lipinski definition) is 1. The van der Waals surface area contributed by atoms with Crippen molar-refractivity contribution >= 4 is 5.91 Å². The number of nitrogens with one attached hydrogen (secondary N) is 1. The smallest absolute Gasteiger partial charge is 0.224 e. The Balaban J connectivity index is 1.58. The molecule has 3 heteroatoms. The number of carbonyl (C=O) groups excluding carboxylic acids is 1. The molecule has 0 atom stereocenters. The van der Waals surface area contributed by atoms with E-state index < -0.39 is 0 Å². The number of amides is 1. The summed E-state index contributed by atoms with van der Waals surface area (Å²) in [6.45, 7) is 3.36. The maximum atomic E-state index is 12.0. The summed E-state index contributed by atoms with van der Waals surface area (Å²) in [6.07, 6.45) is 1.39. The van der Waals surface area contributed by atoms with Crippen molar-refractivity contribution in [3.8, 4) is 5.75 Å². The standard InChI is InChI=1S/C18H19NO2/c1-13-4-2-3-5-15(13)11-18(20)19-12-14-6-7-17-16(10-14)8-9-21-17/h2-7,10H,8-9,11-12H2,1H3,(H,19,20). The van der Waals surface area contributed by atoms with Gasteiger partial charge in [0, 0.05) is 13.0 Å². The van der Waals surface area contributed by atoms with E-state index in [2.05, 4.69) is 11.4 Å². The molecule has 1 aliphatic heterocycles. The number of rotatable bonds is 4. The van der Waals surface area contributed by atoms with Crippen molar-refractivity contribution in [2.24, 2.45) is 0 Å². The van der Waals surface area contributed by atoms with Gasteiger partial charge in [-0.3, -0.25) is 4.79 Å². The molecule has 0 saturated carbocycles. The Morgan fingerprint density at radius 2 is 2.10 bits per heavy atom. The second kappa shape index (κ2) is 6.00. The lowest BCUT2D eigenvalue weighted by Gasteiger charge is -2.08. The average Bonchev–Trinajstić information content (AvgIpc) is 2.95. The molecule has 1 N–H and O–H groups in total. The van der Waals surface area contributed by atoms with Crippen LogP contribution >= 0.6 is 0 Å². The van der Waals surface area contributed by atoms with E-state index >= 15 is 0 Å². The fourth-order valence-electron chi connectivity index (χ4n) is 2.59. The van der Waals surface area contributed by atoms with E-state index in [0.717, 1.165) is 35.5 Å². The average molecular weight is 281 g/mol. The molecule has 2 aromatic rings. The van der Waals surface area contributed by atoms with Gasteiger partial charge < -0.3 is 10.1 Å². The van der Waals surface area contributed by atoms with Gasteiger partial charge >= 0.3 is 0 Å². The highest BCUT2D eigenvalue weighted by atomic mass is 16.5. The highest BCUT2D eigenvalue weighted by Gasteiger charge is 2.12. The summed E-state index contributed by atoms with van der Waals surface area (Å²) < 4.78 is 5.48. The van der Waals surface area contributed by atoms with Gasteiger partial charge in [-0.05, 0) is 35.2 Å². The second-order valence-electron chi connectivity index (χ2n) is 5.42. The molecule has 0 radical (unpaired) electrons. The minimum atomic E-state index is 0.0565. The molecule has 0 bridgehead atoms. The van der Waals surface area contributed by atoms with Crippen LogP contribution in [0.1, 0.15) is 22.3 Å². The number of ether oxygens (including phenoxy) is 1. The number of hydrogen-bond acceptors (Lipinski definition) is 2. The minimum Gasteiger partial charge on any atom is -0.493 e. The molecular weight excluding hydrogens is 262 g/mol. The summed E-state index contributed by atoms with van der Waals surface area (Å²) in [5.41, 5.74) is 4.60. The SMILES string of the molecule is Cc1ccccc1CC(=O)NCc1ccc2c(c1)CCO2. The van der Waals surface area contributed by atoms with Crippen LogP contribution in [0.2, 0.25) is 0 Å². The molecule has 3 nitrogen and oxygen atoms in total. The van der Waals surface area contributed by atoms with E-state index in [1.165, 1.54) is 5.56 Å². The first-order valence-corrected chi connectivity index (χ1v) is 7.28. The number of carbonyl (C=O) groups is 1. The van der Waals surface area contributed by atoms with Crippen LogP contribution < -0.4 is 10.1 Å². The van der Waals surface area contributed by atoms with Gasteiger partial charge in [0.1, 0.15) is 5.75 Å². The Morgan fingerprint density at radius 1 is 1.24 bits per heavy atom. The van der Waals surface area contributed by atoms with E-state index in [-0.39, 0.29) is 5.91 Å². The zero-order valence-corrected chi connectivity index (χ0v) is 12.2. The zero-order valence-electron chi connectivity index (χ0n) is 12.2. The molecule has 108 valence electrons.